The normalized spacial score (nSPS) is 11.3. The summed E-state index contributed by atoms with van der Waals surface area (Å²) in [5.74, 6) is 3.40. The number of ether oxygens (including phenoxy) is 4. The van der Waals surface area contributed by atoms with Gasteiger partial charge in [0, 0.05) is 29.2 Å². The molecular weight excluding hydrogens is 538 g/mol. The van der Waals surface area contributed by atoms with Crippen LogP contribution in [0.15, 0.2) is 97.1 Å². The highest BCUT2D eigenvalue weighted by molar-refractivity contribution is 7.73. The highest BCUT2D eigenvalue weighted by Gasteiger charge is 2.32. The first kappa shape index (κ1) is 29.8. The van der Waals surface area contributed by atoms with Gasteiger partial charge in [-0.15, -0.1) is 0 Å². The third-order valence-electron chi connectivity index (χ3n) is 6.56. The van der Waals surface area contributed by atoms with Gasteiger partial charge in [-0.3, -0.25) is 0 Å². The second-order valence-electron chi connectivity index (χ2n) is 8.79. The molecule has 0 saturated heterocycles. The van der Waals surface area contributed by atoms with E-state index >= 15 is 0 Å². The zero-order valence-corrected chi connectivity index (χ0v) is 25.9. The highest BCUT2D eigenvalue weighted by atomic mass is 31.1. The molecule has 0 aliphatic heterocycles. The predicted molar refractivity (Wildman–Crippen MR) is 169 cm³/mol. The third-order valence-corrected chi connectivity index (χ3v) is 11.8. The number of hydrogen-bond donors (Lipinski definition) is 0. The molecule has 0 N–H and O–H groups in total. The number of hydrogen-bond acceptors (Lipinski definition) is 6. The van der Waals surface area contributed by atoms with Crippen molar-refractivity contribution in [2.75, 3.05) is 41.5 Å². The minimum atomic E-state index is -0.911. The van der Waals surface area contributed by atoms with Crippen molar-refractivity contribution < 1.29 is 18.9 Å². The van der Waals surface area contributed by atoms with Crippen LogP contribution in [0.3, 0.4) is 0 Å². The Labute approximate surface area is 241 Å². The van der Waals surface area contributed by atoms with E-state index in [0.29, 0.717) is 0 Å². The van der Waals surface area contributed by atoms with Gasteiger partial charge in [0.1, 0.15) is 23.0 Å². The molecule has 0 aliphatic carbocycles. The van der Waals surface area contributed by atoms with Crippen LogP contribution in [-0.4, -0.2) is 51.1 Å². The van der Waals surface area contributed by atoms with Gasteiger partial charge < -0.3 is 18.9 Å². The van der Waals surface area contributed by atoms with E-state index in [2.05, 4.69) is 71.9 Å². The first-order chi connectivity index (χ1) is 19.6. The summed E-state index contributed by atoms with van der Waals surface area (Å²) >= 11 is 0. The molecule has 0 bridgehead atoms. The van der Waals surface area contributed by atoms with E-state index in [0.717, 1.165) is 36.1 Å². The molecule has 0 fully saturated rings. The van der Waals surface area contributed by atoms with Crippen LogP contribution in [0.4, 0.5) is 0 Å². The van der Waals surface area contributed by atoms with Crippen LogP contribution in [0.25, 0.3) is 0 Å². The maximum Gasteiger partial charge on any atom is 0.118 e. The van der Waals surface area contributed by atoms with Gasteiger partial charge in [-0.2, -0.15) is 0 Å². The zero-order chi connectivity index (χ0) is 28.5. The zero-order valence-electron chi connectivity index (χ0n) is 24.1. The van der Waals surface area contributed by atoms with E-state index in [9.17, 15) is 0 Å². The van der Waals surface area contributed by atoms with Crippen LogP contribution >= 0.6 is 16.1 Å². The average molecular weight is 577 g/mol. The Balaban J connectivity index is 1.86. The van der Waals surface area contributed by atoms with Gasteiger partial charge in [0.25, 0.3) is 0 Å². The standard InChI is InChI=1S/C32H38N2O4P2/c1-7-33(39(29-17-9-25(35-3)10-18-29)30-19-11-26(36-4)12-20-30)34(8-2)40(31-21-13-27(37-5)14-22-31)32-23-15-28(38-6)16-24-32/h9-24H,7-8H2,1-6H3. The summed E-state index contributed by atoms with van der Waals surface area (Å²) in [5.41, 5.74) is 0. The van der Waals surface area contributed by atoms with Crippen molar-refractivity contribution in [3.63, 3.8) is 0 Å². The van der Waals surface area contributed by atoms with Gasteiger partial charge in [-0.1, -0.05) is 13.8 Å². The quantitative estimate of drug-likeness (QED) is 0.151. The van der Waals surface area contributed by atoms with Crippen LogP contribution in [0.5, 0.6) is 23.0 Å². The molecule has 4 aromatic rings. The fourth-order valence-corrected chi connectivity index (χ4v) is 9.64. The Hall–Kier alpha value is -3.14. The van der Waals surface area contributed by atoms with Crippen molar-refractivity contribution in [2.45, 2.75) is 13.8 Å². The van der Waals surface area contributed by atoms with Crippen LogP contribution < -0.4 is 40.2 Å². The molecule has 0 unspecified atom stereocenters. The minimum absolute atomic E-state index is 0.836. The van der Waals surface area contributed by atoms with Crippen LogP contribution in [0, 0.1) is 0 Å². The molecule has 0 saturated carbocycles. The maximum atomic E-state index is 5.48. The second-order valence-corrected chi connectivity index (χ2v) is 13.0. The van der Waals surface area contributed by atoms with Gasteiger partial charge in [0.05, 0.1) is 28.4 Å². The lowest BCUT2D eigenvalue weighted by Crippen LogP contribution is -2.43. The number of nitrogens with zero attached hydrogens (tertiary/aromatic N) is 2. The molecule has 0 amide bonds. The number of rotatable bonds is 13. The van der Waals surface area contributed by atoms with E-state index < -0.39 is 16.1 Å². The Morgan fingerprint density at radius 3 is 0.750 bits per heavy atom. The van der Waals surface area contributed by atoms with Gasteiger partial charge in [0.15, 0.2) is 0 Å². The maximum absolute atomic E-state index is 5.48. The lowest BCUT2D eigenvalue weighted by molar-refractivity contribution is 0.204. The smallest absolute Gasteiger partial charge is 0.118 e. The number of methoxy groups -OCH3 is 4. The van der Waals surface area contributed by atoms with Gasteiger partial charge in [0.2, 0.25) is 0 Å². The van der Waals surface area contributed by atoms with Crippen molar-refractivity contribution in [3.8, 4) is 23.0 Å². The SMILES string of the molecule is CCN(N(CC)P(c1ccc(OC)cc1)c1ccc(OC)cc1)P(c1ccc(OC)cc1)c1ccc(OC)cc1. The molecule has 0 aromatic heterocycles. The van der Waals surface area contributed by atoms with Gasteiger partial charge in [-0.05, 0) is 118 Å². The molecule has 40 heavy (non-hydrogen) atoms. The highest BCUT2D eigenvalue weighted by Crippen LogP contribution is 2.49. The third kappa shape index (κ3) is 6.77. The van der Waals surface area contributed by atoms with E-state index in [4.69, 9.17) is 18.9 Å². The van der Waals surface area contributed by atoms with E-state index in [1.165, 1.54) is 21.2 Å². The lowest BCUT2D eigenvalue weighted by Gasteiger charge is -2.44. The summed E-state index contributed by atoms with van der Waals surface area (Å²) in [7, 11) is 4.99. The average Bonchev–Trinajstić information content (AvgIpc) is 3.03. The first-order valence-corrected chi connectivity index (χ1v) is 15.9. The van der Waals surface area contributed by atoms with E-state index in [-0.39, 0.29) is 0 Å². The monoisotopic (exact) mass is 576 g/mol. The van der Waals surface area contributed by atoms with Crippen LogP contribution in [-0.2, 0) is 0 Å². The topological polar surface area (TPSA) is 43.4 Å². The number of hydrazine groups is 1. The van der Waals surface area contributed by atoms with Gasteiger partial charge >= 0.3 is 0 Å². The van der Waals surface area contributed by atoms with E-state index in [1.807, 2.05) is 48.5 Å². The largest absolute Gasteiger partial charge is 0.497 e. The first-order valence-electron chi connectivity index (χ1n) is 13.3. The molecule has 210 valence electrons. The molecule has 0 radical (unpaired) electrons. The summed E-state index contributed by atoms with van der Waals surface area (Å²) in [4.78, 5) is 0. The number of benzene rings is 4. The molecule has 0 heterocycles. The molecule has 4 aromatic carbocycles. The summed E-state index contributed by atoms with van der Waals surface area (Å²) in [6.45, 7) is 6.15. The Kier molecular flexibility index (Phi) is 10.8. The van der Waals surface area contributed by atoms with E-state index in [1.54, 1.807) is 28.4 Å². The van der Waals surface area contributed by atoms with Crippen molar-refractivity contribution in [1.29, 1.82) is 0 Å². The Morgan fingerprint density at radius 1 is 0.400 bits per heavy atom. The van der Waals surface area contributed by atoms with Crippen molar-refractivity contribution >= 4 is 37.4 Å². The van der Waals surface area contributed by atoms with Crippen molar-refractivity contribution in [2.24, 2.45) is 0 Å². The summed E-state index contributed by atoms with van der Waals surface area (Å²) in [5, 5.41) is 5.00. The lowest BCUT2D eigenvalue weighted by atomic mass is 10.3. The molecule has 0 atom stereocenters. The molecule has 0 spiro atoms. The van der Waals surface area contributed by atoms with Crippen molar-refractivity contribution in [1.82, 2.24) is 9.56 Å². The van der Waals surface area contributed by atoms with Gasteiger partial charge in [-0.25, -0.2) is 9.56 Å². The Morgan fingerprint density at radius 2 is 0.600 bits per heavy atom. The summed E-state index contributed by atoms with van der Waals surface area (Å²) in [6, 6.07) is 33.9. The van der Waals surface area contributed by atoms with Crippen molar-refractivity contribution in [3.05, 3.63) is 97.1 Å². The summed E-state index contributed by atoms with van der Waals surface area (Å²) < 4.78 is 27.0. The molecule has 4 rings (SSSR count). The molecule has 0 aliphatic rings. The Bertz CT molecular complexity index is 1120. The minimum Gasteiger partial charge on any atom is -0.497 e. The molecular formula is C32H38N2O4P2. The predicted octanol–water partition coefficient (Wildman–Crippen LogP) is 5.68. The fraction of sp³-hybridized carbons (Fsp3) is 0.250. The second kappa shape index (κ2) is 14.5. The van der Waals surface area contributed by atoms with Crippen LogP contribution in [0.1, 0.15) is 13.8 Å². The summed E-state index contributed by atoms with van der Waals surface area (Å²) in [6.07, 6.45) is 0. The van der Waals surface area contributed by atoms with Crippen LogP contribution in [0.2, 0.25) is 0 Å². The molecule has 6 nitrogen and oxygen atoms in total. The fourth-order valence-electron chi connectivity index (χ4n) is 4.54. The molecule has 8 heteroatoms.